The standard InChI is InChI=1S/C41H47ClN4O6S/c1-25-4-3-5-37(50-2)32-9-6-27(32)19-46-23-41(18-28-15-33(28)34-17-30(42)8-10-35(34)41)24-52-38-11-7-26(16-36(38)46)39(47)43-53(49,22-25)44-40(48)29-14-31-21-51-13-12-45(31)20-29/h3,5,7-8,10-11,14,16-17,20,25,27-28,32-33,37H,4,6,9,12-13,15,18-19,21-24H2,1-2H3,(H,43,44,47,48,49)/b5-3+/t25-,27-,28-,32+,33-,37-,41-,53-/m0/s1. The molecule has 1 aromatic heterocycles. The van der Waals surface area contributed by atoms with Gasteiger partial charge in [0.05, 0.1) is 42.9 Å². The quantitative estimate of drug-likeness (QED) is 0.289. The Bertz CT molecular complexity index is 2100. The summed E-state index contributed by atoms with van der Waals surface area (Å²) in [5.74, 6) is 1.33. The molecule has 53 heavy (non-hydrogen) atoms. The summed E-state index contributed by atoms with van der Waals surface area (Å²) in [4.78, 5) is 30.2. The van der Waals surface area contributed by atoms with Gasteiger partial charge in [-0.25, -0.2) is 4.21 Å². The van der Waals surface area contributed by atoms with Crippen LogP contribution in [0.3, 0.4) is 0 Å². The molecular weight excluding hydrogens is 712 g/mol. The van der Waals surface area contributed by atoms with Crippen LogP contribution in [-0.2, 0) is 38.0 Å². The van der Waals surface area contributed by atoms with E-state index in [0.29, 0.717) is 67.6 Å². The van der Waals surface area contributed by atoms with Crippen molar-refractivity contribution in [2.45, 2.75) is 69.6 Å². The number of amides is 2. The maximum absolute atomic E-state index is 14.7. The molecule has 2 bridgehead atoms. The lowest BCUT2D eigenvalue weighted by Gasteiger charge is -2.46. The molecule has 0 saturated heterocycles. The van der Waals surface area contributed by atoms with Gasteiger partial charge in [-0.1, -0.05) is 36.7 Å². The number of methoxy groups -OCH3 is 1. The van der Waals surface area contributed by atoms with Crippen LogP contribution in [-0.4, -0.2) is 65.9 Å². The van der Waals surface area contributed by atoms with E-state index < -0.39 is 21.7 Å². The molecule has 12 heteroatoms. The van der Waals surface area contributed by atoms with Gasteiger partial charge in [0.15, 0.2) is 0 Å². The summed E-state index contributed by atoms with van der Waals surface area (Å²) >= 11 is 6.55. The summed E-state index contributed by atoms with van der Waals surface area (Å²) in [7, 11) is -1.75. The lowest BCUT2D eigenvalue weighted by Crippen LogP contribution is -2.49. The Hall–Kier alpha value is -3.64. The predicted molar refractivity (Wildman–Crippen MR) is 204 cm³/mol. The third kappa shape index (κ3) is 6.61. The maximum Gasteiger partial charge on any atom is 0.286 e. The number of aromatic nitrogens is 1. The minimum atomic E-state index is -3.53. The first-order chi connectivity index (χ1) is 25.6. The summed E-state index contributed by atoms with van der Waals surface area (Å²) in [5, 5.41) is 0.765. The van der Waals surface area contributed by atoms with Crippen LogP contribution in [0.4, 0.5) is 5.69 Å². The molecule has 280 valence electrons. The zero-order valence-corrected chi connectivity index (χ0v) is 31.9. The Labute approximate surface area is 316 Å². The predicted octanol–water partition coefficient (Wildman–Crippen LogP) is 6.91. The minimum absolute atomic E-state index is 0.0173. The summed E-state index contributed by atoms with van der Waals surface area (Å²) < 4.78 is 42.0. The average Bonchev–Trinajstić information content (AvgIpc) is 3.80. The fourth-order valence-corrected chi connectivity index (χ4v) is 11.7. The van der Waals surface area contributed by atoms with Gasteiger partial charge in [-0.05, 0) is 109 Å². The molecule has 0 radical (unpaired) electrons. The van der Waals surface area contributed by atoms with E-state index in [9.17, 15) is 13.8 Å². The van der Waals surface area contributed by atoms with E-state index in [4.69, 9.17) is 25.8 Å². The second kappa shape index (κ2) is 13.6. The van der Waals surface area contributed by atoms with E-state index in [0.717, 1.165) is 54.5 Å². The smallest absolute Gasteiger partial charge is 0.286 e. The number of fused-ring (bicyclic) bond motifs is 7. The van der Waals surface area contributed by atoms with Gasteiger partial charge >= 0.3 is 0 Å². The van der Waals surface area contributed by atoms with E-state index in [1.807, 2.05) is 29.7 Å². The van der Waals surface area contributed by atoms with Crippen LogP contribution in [0.15, 0.2) is 65.2 Å². The van der Waals surface area contributed by atoms with E-state index >= 15 is 0 Å². The molecule has 3 aliphatic heterocycles. The molecule has 10 nitrogen and oxygen atoms in total. The topological polar surface area (TPSA) is 111 Å². The van der Waals surface area contributed by atoms with Crippen molar-refractivity contribution < 1.29 is 28.0 Å². The Morgan fingerprint density at radius 3 is 2.85 bits per heavy atom. The highest BCUT2D eigenvalue weighted by Crippen LogP contribution is 2.61. The van der Waals surface area contributed by atoms with Gasteiger partial charge in [0.25, 0.3) is 11.8 Å². The van der Waals surface area contributed by atoms with Gasteiger partial charge in [0, 0.05) is 54.6 Å². The fourth-order valence-electron chi connectivity index (χ4n) is 9.64. The van der Waals surface area contributed by atoms with Gasteiger partial charge in [0.2, 0.25) is 0 Å². The number of hydrogen-bond acceptors (Lipinski definition) is 7. The van der Waals surface area contributed by atoms with Crippen molar-refractivity contribution in [2.75, 3.05) is 44.1 Å². The molecule has 3 aliphatic carbocycles. The van der Waals surface area contributed by atoms with Crippen molar-refractivity contribution in [1.29, 1.82) is 0 Å². The van der Waals surface area contributed by atoms with Crippen molar-refractivity contribution in [2.24, 2.45) is 28.0 Å². The number of halogens is 1. The Morgan fingerprint density at radius 2 is 2.04 bits per heavy atom. The van der Waals surface area contributed by atoms with Crippen molar-refractivity contribution in [3.05, 3.63) is 93.8 Å². The molecule has 4 heterocycles. The normalized spacial score (nSPS) is 33.8. The molecule has 2 amide bonds. The monoisotopic (exact) mass is 758 g/mol. The molecule has 8 atom stereocenters. The summed E-state index contributed by atoms with van der Waals surface area (Å²) in [6, 6.07) is 13.5. The van der Waals surface area contributed by atoms with E-state index in [2.05, 4.69) is 38.3 Å². The lowest BCUT2D eigenvalue weighted by molar-refractivity contribution is 0.0131. The third-order valence-electron chi connectivity index (χ3n) is 12.6. The molecular formula is C41H47ClN4O6S. The Balaban J connectivity index is 1.10. The molecule has 2 fully saturated rings. The zero-order valence-electron chi connectivity index (χ0n) is 30.3. The van der Waals surface area contributed by atoms with E-state index in [1.165, 1.54) is 17.5 Å². The van der Waals surface area contributed by atoms with Crippen LogP contribution in [0.25, 0.3) is 0 Å². The van der Waals surface area contributed by atoms with Crippen LogP contribution in [0.1, 0.15) is 82.5 Å². The van der Waals surface area contributed by atoms with Crippen molar-refractivity contribution >= 4 is 39.0 Å². The van der Waals surface area contributed by atoms with Gasteiger partial charge in [-0.2, -0.15) is 0 Å². The largest absolute Gasteiger partial charge is 0.490 e. The first kappa shape index (κ1) is 35.1. The van der Waals surface area contributed by atoms with Crippen molar-refractivity contribution in [1.82, 2.24) is 9.29 Å². The number of carbonyl (C=O) groups excluding carboxylic acids is 2. The van der Waals surface area contributed by atoms with Crippen LogP contribution < -0.4 is 14.4 Å². The maximum atomic E-state index is 14.7. The highest BCUT2D eigenvalue weighted by molar-refractivity contribution is 7.92. The summed E-state index contributed by atoms with van der Waals surface area (Å²) in [5.41, 5.74) is 4.80. The van der Waals surface area contributed by atoms with Crippen molar-refractivity contribution in [3.63, 3.8) is 0 Å². The SMILES string of the molecule is CO[C@H]1/C=C/C[C@H](C)C[S@@](=O)(NC(=O)c2cc3n(c2)CCOC3)=NC(=O)c2ccc3c(c2)N(C[C@@H]2CC[C@H]21)C[C@]1(CO3)C[C@@H]2C[C@@H]2c2cc(Cl)ccc21. The molecule has 1 spiro atoms. The zero-order chi connectivity index (χ0) is 36.5. The highest BCUT2D eigenvalue weighted by atomic mass is 35.5. The molecule has 6 aliphatic rings. The second-order valence-corrected chi connectivity index (χ2v) is 18.7. The summed E-state index contributed by atoms with van der Waals surface area (Å²) in [6.45, 7) is 5.62. The molecule has 2 aromatic carbocycles. The Kier molecular flexibility index (Phi) is 8.99. The van der Waals surface area contributed by atoms with Gasteiger partial charge in [0.1, 0.15) is 15.7 Å². The van der Waals surface area contributed by atoms with Crippen LogP contribution in [0.2, 0.25) is 5.02 Å². The first-order valence-corrected chi connectivity index (χ1v) is 21.1. The molecule has 0 unspecified atom stereocenters. The lowest BCUT2D eigenvalue weighted by atomic mass is 9.68. The molecule has 3 aromatic rings. The minimum Gasteiger partial charge on any atom is -0.490 e. The van der Waals surface area contributed by atoms with E-state index in [1.54, 1.807) is 25.4 Å². The third-order valence-corrected chi connectivity index (χ3v) is 14.8. The Morgan fingerprint density at radius 1 is 1.15 bits per heavy atom. The summed E-state index contributed by atoms with van der Waals surface area (Å²) in [6.07, 6.45) is 10.9. The molecule has 2 saturated carbocycles. The number of carbonyl (C=O) groups is 2. The number of nitrogens with zero attached hydrogens (tertiary/aromatic N) is 3. The van der Waals surface area contributed by atoms with Crippen LogP contribution in [0.5, 0.6) is 5.75 Å². The highest BCUT2D eigenvalue weighted by Gasteiger charge is 2.54. The van der Waals surface area contributed by atoms with E-state index in [-0.39, 0.29) is 23.2 Å². The molecule has 1 N–H and O–H groups in total. The van der Waals surface area contributed by atoms with Gasteiger partial charge in [-0.3, -0.25) is 14.3 Å². The average molecular weight is 759 g/mol. The number of allylic oxidation sites excluding steroid dienone is 1. The van der Waals surface area contributed by atoms with Gasteiger partial charge < -0.3 is 23.7 Å². The fraction of sp³-hybridized carbons (Fsp3) is 0.512. The molecule has 9 rings (SSSR count). The van der Waals surface area contributed by atoms with Crippen molar-refractivity contribution in [3.8, 4) is 5.75 Å². The van der Waals surface area contributed by atoms with Gasteiger partial charge in [-0.15, -0.1) is 4.36 Å². The number of rotatable bonds is 3. The number of anilines is 1. The van der Waals surface area contributed by atoms with Crippen LogP contribution >= 0.6 is 11.6 Å². The number of hydrogen-bond donors (Lipinski definition) is 1. The van der Waals surface area contributed by atoms with Crippen LogP contribution in [0, 0.1) is 23.7 Å². The first-order valence-electron chi connectivity index (χ1n) is 19.0. The number of benzene rings is 2. The number of ether oxygens (including phenoxy) is 3. The second-order valence-electron chi connectivity index (χ2n) is 16.2. The number of nitrogens with one attached hydrogen (secondary N) is 1.